The number of alkyl halides is 3. The number of aromatic nitrogens is 1. The summed E-state index contributed by atoms with van der Waals surface area (Å²) in [6.07, 6.45) is -4.39. The van der Waals surface area contributed by atoms with Crippen molar-refractivity contribution in [1.82, 2.24) is 9.47 Å². The average molecular weight is 335 g/mol. The lowest BCUT2D eigenvalue weighted by Gasteiger charge is -2.26. The van der Waals surface area contributed by atoms with Crippen LogP contribution in [0.25, 0.3) is 0 Å². The summed E-state index contributed by atoms with van der Waals surface area (Å²) in [6.45, 7) is 1.73. The highest BCUT2D eigenvalue weighted by molar-refractivity contribution is 5.93. The number of nitriles is 1. The van der Waals surface area contributed by atoms with Crippen molar-refractivity contribution in [2.75, 3.05) is 7.05 Å². The minimum atomic E-state index is -4.39. The number of halogens is 3. The van der Waals surface area contributed by atoms with Gasteiger partial charge in [0, 0.05) is 14.1 Å². The van der Waals surface area contributed by atoms with E-state index in [1.807, 2.05) is 6.07 Å². The first-order chi connectivity index (χ1) is 11.2. The Morgan fingerprint density at radius 1 is 1.21 bits per heavy atom. The van der Waals surface area contributed by atoms with Crippen molar-refractivity contribution in [3.63, 3.8) is 0 Å². The third-order valence-electron chi connectivity index (χ3n) is 4.08. The summed E-state index contributed by atoms with van der Waals surface area (Å²) in [4.78, 5) is 14.0. The fraction of sp³-hybridized carbons (Fsp3) is 0.294. The number of carbonyl (C=O) groups excluding carboxylic acids is 1. The van der Waals surface area contributed by atoms with Gasteiger partial charge in [0.1, 0.15) is 17.5 Å². The van der Waals surface area contributed by atoms with Gasteiger partial charge in [0.15, 0.2) is 0 Å². The van der Waals surface area contributed by atoms with Gasteiger partial charge in [-0.1, -0.05) is 12.1 Å². The lowest BCUT2D eigenvalue weighted by Crippen LogP contribution is -2.31. The number of benzene rings is 1. The van der Waals surface area contributed by atoms with Crippen molar-refractivity contribution in [3.05, 3.63) is 58.9 Å². The Morgan fingerprint density at radius 2 is 1.79 bits per heavy atom. The first-order valence-electron chi connectivity index (χ1n) is 7.17. The van der Waals surface area contributed by atoms with Crippen molar-refractivity contribution in [2.45, 2.75) is 19.1 Å². The summed E-state index contributed by atoms with van der Waals surface area (Å²) < 4.78 is 39.3. The third-order valence-corrected chi connectivity index (χ3v) is 4.08. The molecule has 0 radical (unpaired) electrons. The maximum atomic E-state index is 12.6. The van der Waals surface area contributed by atoms with Crippen molar-refractivity contribution < 1.29 is 18.0 Å². The average Bonchev–Trinajstić information content (AvgIpc) is 2.92. The number of nitrogens with zero attached hydrogens (tertiary/aromatic N) is 3. The van der Waals surface area contributed by atoms with Crippen molar-refractivity contribution in [1.29, 1.82) is 5.26 Å². The fourth-order valence-electron chi connectivity index (χ4n) is 2.37. The van der Waals surface area contributed by atoms with Gasteiger partial charge in [0.2, 0.25) is 0 Å². The Kier molecular flexibility index (Phi) is 4.69. The number of amides is 1. The highest BCUT2D eigenvalue weighted by Crippen LogP contribution is 2.30. The van der Waals surface area contributed by atoms with E-state index in [9.17, 15) is 18.0 Å². The summed E-state index contributed by atoms with van der Waals surface area (Å²) >= 11 is 0. The van der Waals surface area contributed by atoms with E-state index < -0.39 is 17.8 Å². The van der Waals surface area contributed by atoms with Crippen LogP contribution in [0.3, 0.4) is 0 Å². The van der Waals surface area contributed by atoms with E-state index >= 15 is 0 Å². The molecule has 4 nitrogen and oxygen atoms in total. The molecule has 1 heterocycles. The van der Waals surface area contributed by atoms with Crippen LogP contribution < -0.4 is 0 Å². The van der Waals surface area contributed by atoms with Crippen LogP contribution in [0.4, 0.5) is 13.2 Å². The van der Waals surface area contributed by atoms with Crippen LogP contribution >= 0.6 is 0 Å². The van der Waals surface area contributed by atoms with E-state index in [4.69, 9.17) is 5.26 Å². The van der Waals surface area contributed by atoms with Crippen LogP contribution in [0.15, 0.2) is 36.4 Å². The molecule has 0 fully saturated rings. The standard InChI is InChI=1S/C17H16F3N3O/c1-11(12-4-6-13(7-5-12)17(18,19)20)22(2)16(24)15-9-8-14(10-21)23(15)3/h4-9,11H,1-3H3. The molecule has 24 heavy (non-hydrogen) atoms. The molecule has 2 aromatic rings. The molecule has 1 unspecified atom stereocenters. The quantitative estimate of drug-likeness (QED) is 0.858. The highest BCUT2D eigenvalue weighted by atomic mass is 19.4. The zero-order valence-corrected chi connectivity index (χ0v) is 13.4. The molecule has 0 aliphatic rings. The van der Waals surface area contributed by atoms with Crippen LogP contribution in [0.2, 0.25) is 0 Å². The Morgan fingerprint density at radius 3 is 2.25 bits per heavy atom. The van der Waals surface area contributed by atoms with Crippen LogP contribution in [0.1, 0.15) is 40.3 Å². The van der Waals surface area contributed by atoms with Gasteiger partial charge in [-0.2, -0.15) is 18.4 Å². The summed E-state index contributed by atoms with van der Waals surface area (Å²) in [5.74, 6) is -0.314. The number of rotatable bonds is 3. The molecule has 0 saturated heterocycles. The van der Waals surface area contributed by atoms with E-state index in [0.29, 0.717) is 17.0 Å². The highest BCUT2D eigenvalue weighted by Gasteiger charge is 2.30. The Labute approximate surface area is 137 Å². The van der Waals surface area contributed by atoms with Gasteiger partial charge in [0.25, 0.3) is 5.91 Å². The van der Waals surface area contributed by atoms with Gasteiger partial charge in [-0.3, -0.25) is 4.79 Å². The lowest BCUT2D eigenvalue weighted by atomic mass is 10.0. The third kappa shape index (κ3) is 3.27. The maximum absolute atomic E-state index is 12.6. The molecule has 2 rings (SSSR count). The van der Waals surface area contributed by atoms with E-state index in [1.54, 1.807) is 33.2 Å². The van der Waals surface area contributed by atoms with Crippen LogP contribution in [0.5, 0.6) is 0 Å². The Balaban J connectivity index is 2.22. The summed E-state index contributed by atoms with van der Waals surface area (Å²) in [7, 11) is 3.19. The van der Waals surface area contributed by atoms with Gasteiger partial charge in [-0.15, -0.1) is 0 Å². The van der Waals surface area contributed by atoms with E-state index in [1.165, 1.54) is 21.6 Å². The van der Waals surface area contributed by atoms with Crippen molar-refractivity contribution in [3.8, 4) is 6.07 Å². The number of hydrogen-bond acceptors (Lipinski definition) is 2. The van der Waals surface area contributed by atoms with Gasteiger partial charge in [0.05, 0.1) is 11.6 Å². The van der Waals surface area contributed by atoms with Crippen molar-refractivity contribution in [2.24, 2.45) is 7.05 Å². The fourth-order valence-corrected chi connectivity index (χ4v) is 2.37. The molecule has 0 aliphatic heterocycles. The second-order valence-electron chi connectivity index (χ2n) is 5.49. The van der Waals surface area contributed by atoms with Gasteiger partial charge >= 0.3 is 6.18 Å². The molecule has 7 heteroatoms. The molecule has 1 aromatic carbocycles. The lowest BCUT2D eigenvalue weighted by molar-refractivity contribution is -0.137. The molecular formula is C17H16F3N3O. The van der Waals surface area contributed by atoms with Crippen molar-refractivity contribution >= 4 is 5.91 Å². The van der Waals surface area contributed by atoms with Crippen LogP contribution in [-0.2, 0) is 13.2 Å². The largest absolute Gasteiger partial charge is 0.416 e. The first-order valence-corrected chi connectivity index (χ1v) is 7.17. The maximum Gasteiger partial charge on any atom is 0.416 e. The van der Waals surface area contributed by atoms with Crippen LogP contribution in [-0.4, -0.2) is 22.4 Å². The summed E-state index contributed by atoms with van der Waals surface area (Å²) in [5, 5.41) is 8.94. The molecule has 1 aromatic heterocycles. The molecular weight excluding hydrogens is 319 g/mol. The molecule has 0 saturated carbocycles. The van der Waals surface area contributed by atoms with E-state index in [0.717, 1.165) is 12.1 Å². The molecule has 1 amide bonds. The molecule has 0 aliphatic carbocycles. The molecule has 0 spiro atoms. The second kappa shape index (κ2) is 6.40. The van der Waals surface area contributed by atoms with Gasteiger partial charge in [-0.25, -0.2) is 0 Å². The summed E-state index contributed by atoms with van der Waals surface area (Å²) in [6, 6.07) is 9.39. The molecule has 126 valence electrons. The minimum absolute atomic E-state index is 0.314. The zero-order chi connectivity index (χ0) is 18.1. The Bertz CT molecular complexity index is 785. The second-order valence-corrected chi connectivity index (χ2v) is 5.49. The molecule has 1 atom stereocenters. The first kappa shape index (κ1) is 17.6. The van der Waals surface area contributed by atoms with Gasteiger partial charge in [-0.05, 0) is 36.8 Å². The normalized spacial score (nSPS) is 12.5. The van der Waals surface area contributed by atoms with E-state index in [-0.39, 0.29) is 5.91 Å². The van der Waals surface area contributed by atoms with E-state index in [2.05, 4.69) is 0 Å². The minimum Gasteiger partial charge on any atom is -0.334 e. The molecule has 0 N–H and O–H groups in total. The Hall–Kier alpha value is -2.75. The predicted octanol–water partition coefficient (Wildman–Crippen LogP) is 3.75. The zero-order valence-electron chi connectivity index (χ0n) is 13.4. The smallest absolute Gasteiger partial charge is 0.334 e. The predicted molar refractivity (Wildman–Crippen MR) is 82.1 cm³/mol. The van der Waals surface area contributed by atoms with Crippen LogP contribution in [0, 0.1) is 11.3 Å². The summed E-state index contributed by atoms with van der Waals surface area (Å²) in [5.41, 5.74) is 0.559. The topological polar surface area (TPSA) is 49.0 Å². The number of hydrogen-bond donors (Lipinski definition) is 0. The number of carbonyl (C=O) groups is 1. The van der Waals surface area contributed by atoms with Gasteiger partial charge < -0.3 is 9.47 Å². The monoisotopic (exact) mass is 335 g/mol. The SMILES string of the molecule is CC(c1ccc(C(F)(F)F)cc1)N(C)C(=O)c1ccc(C#N)n1C. The molecule has 0 bridgehead atoms.